The van der Waals surface area contributed by atoms with Crippen LogP contribution in [0.15, 0.2) is 18.2 Å². The van der Waals surface area contributed by atoms with E-state index in [1.807, 2.05) is 6.07 Å². The summed E-state index contributed by atoms with van der Waals surface area (Å²) < 4.78 is 0. The fourth-order valence-electron chi connectivity index (χ4n) is 1.24. The number of nitrogens with one attached hydrogen (secondary N) is 1. The summed E-state index contributed by atoms with van der Waals surface area (Å²) >= 11 is 5.73. The molecule has 5 heteroatoms. The Hall–Kier alpha value is -2.17. The Balaban J connectivity index is 2.98. The molecule has 0 aliphatic carbocycles. The Morgan fingerprint density at radius 3 is 2.88 bits per heavy atom. The molecule has 0 spiro atoms. The Morgan fingerprint density at radius 2 is 2.35 bits per heavy atom. The second kappa shape index (κ2) is 5.79. The summed E-state index contributed by atoms with van der Waals surface area (Å²) in [6, 6.07) is 5.58. The number of terminal acetylenes is 1. The van der Waals surface area contributed by atoms with Gasteiger partial charge in [-0.2, -0.15) is 5.26 Å². The number of nitrogens with zero attached hydrogens (tertiary/aromatic N) is 1. The lowest BCUT2D eigenvalue weighted by Crippen LogP contribution is -2.29. The lowest BCUT2D eigenvalue weighted by molar-refractivity contribution is -0.137. The highest BCUT2D eigenvalue weighted by molar-refractivity contribution is 6.30. The molecule has 0 bridgehead atoms. The van der Waals surface area contributed by atoms with E-state index >= 15 is 0 Å². The monoisotopic (exact) mass is 248 g/mol. The summed E-state index contributed by atoms with van der Waals surface area (Å²) in [7, 11) is 0. The molecule has 0 amide bonds. The van der Waals surface area contributed by atoms with Crippen LogP contribution in [-0.2, 0) is 4.79 Å². The number of carboxylic acids is 1. The summed E-state index contributed by atoms with van der Waals surface area (Å²) in [5.74, 6) is 1.20. The van der Waals surface area contributed by atoms with Crippen molar-refractivity contribution in [1.82, 2.24) is 0 Å². The minimum Gasteiger partial charge on any atom is -0.480 e. The van der Waals surface area contributed by atoms with Crippen molar-refractivity contribution in [1.29, 1.82) is 5.26 Å². The van der Waals surface area contributed by atoms with Crippen LogP contribution in [0.25, 0.3) is 0 Å². The molecule has 0 saturated heterocycles. The molecule has 0 radical (unpaired) electrons. The maximum atomic E-state index is 10.9. The van der Waals surface area contributed by atoms with Gasteiger partial charge in [0.25, 0.3) is 0 Å². The molecule has 1 aromatic carbocycles. The van der Waals surface area contributed by atoms with Crippen molar-refractivity contribution in [3.63, 3.8) is 0 Å². The van der Waals surface area contributed by atoms with Gasteiger partial charge in [0.2, 0.25) is 0 Å². The first-order valence-electron chi connectivity index (χ1n) is 4.71. The first-order valence-corrected chi connectivity index (χ1v) is 5.08. The highest BCUT2D eigenvalue weighted by Gasteiger charge is 2.17. The molecule has 1 atom stereocenters. The molecule has 1 aromatic rings. The number of anilines is 1. The third kappa shape index (κ3) is 3.41. The molecular weight excluding hydrogens is 240 g/mol. The molecule has 4 nitrogen and oxygen atoms in total. The summed E-state index contributed by atoms with van der Waals surface area (Å²) in [5, 5.41) is 20.9. The molecule has 1 unspecified atom stereocenters. The average molecular weight is 249 g/mol. The lowest BCUT2D eigenvalue weighted by atomic mass is 10.1. The smallest absolute Gasteiger partial charge is 0.327 e. The molecule has 17 heavy (non-hydrogen) atoms. The second-order valence-corrected chi connectivity index (χ2v) is 3.68. The molecule has 0 aromatic heterocycles. The summed E-state index contributed by atoms with van der Waals surface area (Å²) in [6.07, 6.45) is 5.11. The van der Waals surface area contributed by atoms with Crippen molar-refractivity contribution < 1.29 is 9.90 Å². The fourth-order valence-corrected chi connectivity index (χ4v) is 1.41. The molecular formula is C12H9ClN2O2. The van der Waals surface area contributed by atoms with Crippen molar-refractivity contribution >= 4 is 23.3 Å². The molecule has 0 fully saturated rings. The van der Waals surface area contributed by atoms with Gasteiger partial charge in [-0.3, -0.25) is 0 Å². The first kappa shape index (κ1) is 12.9. The van der Waals surface area contributed by atoms with Crippen LogP contribution in [0.1, 0.15) is 12.0 Å². The number of aliphatic carboxylic acids is 1. The molecule has 0 aliphatic heterocycles. The van der Waals surface area contributed by atoms with Crippen LogP contribution in [0.4, 0.5) is 5.69 Å². The zero-order chi connectivity index (χ0) is 12.8. The van der Waals surface area contributed by atoms with Gasteiger partial charge in [0.05, 0.1) is 11.3 Å². The summed E-state index contributed by atoms with van der Waals surface area (Å²) in [4.78, 5) is 10.9. The number of carboxylic acid groups (broad SMARTS) is 1. The van der Waals surface area contributed by atoms with Gasteiger partial charge in [-0.15, -0.1) is 12.3 Å². The van der Waals surface area contributed by atoms with Crippen LogP contribution in [-0.4, -0.2) is 17.1 Å². The maximum Gasteiger partial charge on any atom is 0.327 e. The predicted molar refractivity (Wildman–Crippen MR) is 64.7 cm³/mol. The SMILES string of the molecule is C#CCC(Nc1ccc(Cl)cc1C#N)C(=O)O. The van der Waals surface area contributed by atoms with Gasteiger partial charge in [0, 0.05) is 11.4 Å². The van der Waals surface area contributed by atoms with Crippen molar-refractivity contribution in [2.24, 2.45) is 0 Å². The Morgan fingerprint density at radius 1 is 1.65 bits per heavy atom. The zero-order valence-electron chi connectivity index (χ0n) is 8.77. The van der Waals surface area contributed by atoms with Crippen LogP contribution in [0.2, 0.25) is 5.02 Å². The van der Waals surface area contributed by atoms with E-state index < -0.39 is 12.0 Å². The van der Waals surface area contributed by atoms with Gasteiger partial charge in [0.1, 0.15) is 12.1 Å². The largest absolute Gasteiger partial charge is 0.480 e. The number of nitriles is 1. The third-order valence-electron chi connectivity index (χ3n) is 2.05. The van der Waals surface area contributed by atoms with Gasteiger partial charge in [-0.1, -0.05) is 11.6 Å². The van der Waals surface area contributed by atoms with E-state index in [9.17, 15) is 4.79 Å². The highest BCUT2D eigenvalue weighted by atomic mass is 35.5. The van der Waals surface area contributed by atoms with E-state index in [0.29, 0.717) is 10.7 Å². The Bertz CT molecular complexity index is 514. The molecule has 2 N–H and O–H groups in total. The van der Waals surface area contributed by atoms with Crippen molar-refractivity contribution in [2.75, 3.05) is 5.32 Å². The Labute approximate surface area is 104 Å². The normalized spacial score (nSPS) is 11.0. The number of hydrogen-bond donors (Lipinski definition) is 2. The average Bonchev–Trinajstić information content (AvgIpc) is 2.30. The standard InChI is InChI=1S/C12H9ClN2O2/c1-2-3-11(12(16)17)15-10-5-4-9(13)6-8(10)7-14/h1,4-6,11,15H,3H2,(H,16,17). The van der Waals surface area contributed by atoms with Crippen LogP contribution >= 0.6 is 11.6 Å². The van der Waals surface area contributed by atoms with Crippen molar-refractivity contribution in [3.05, 3.63) is 28.8 Å². The van der Waals surface area contributed by atoms with E-state index in [1.165, 1.54) is 6.07 Å². The molecule has 1 rings (SSSR count). The minimum absolute atomic E-state index is 0.0306. The molecule has 86 valence electrons. The maximum absolute atomic E-state index is 10.9. The quantitative estimate of drug-likeness (QED) is 0.801. The van der Waals surface area contributed by atoms with E-state index in [-0.39, 0.29) is 12.0 Å². The Kier molecular flexibility index (Phi) is 4.39. The fraction of sp³-hybridized carbons (Fsp3) is 0.167. The van der Waals surface area contributed by atoms with Crippen LogP contribution in [0.3, 0.4) is 0 Å². The van der Waals surface area contributed by atoms with E-state index in [2.05, 4.69) is 11.2 Å². The number of benzene rings is 1. The van der Waals surface area contributed by atoms with Crippen LogP contribution in [0, 0.1) is 23.7 Å². The van der Waals surface area contributed by atoms with E-state index in [4.69, 9.17) is 28.4 Å². The highest BCUT2D eigenvalue weighted by Crippen LogP contribution is 2.21. The molecule has 0 heterocycles. The van der Waals surface area contributed by atoms with Crippen LogP contribution in [0.5, 0.6) is 0 Å². The van der Waals surface area contributed by atoms with E-state index in [0.717, 1.165) is 0 Å². The zero-order valence-corrected chi connectivity index (χ0v) is 9.53. The molecule has 0 saturated carbocycles. The number of rotatable bonds is 4. The number of carbonyl (C=O) groups is 1. The van der Waals surface area contributed by atoms with Gasteiger partial charge in [0.15, 0.2) is 0 Å². The topological polar surface area (TPSA) is 73.1 Å². The predicted octanol–water partition coefficient (Wildman–Crippen LogP) is 2.10. The third-order valence-corrected chi connectivity index (χ3v) is 2.29. The van der Waals surface area contributed by atoms with Gasteiger partial charge in [-0.05, 0) is 18.2 Å². The van der Waals surface area contributed by atoms with Crippen LogP contribution < -0.4 is 5.32 Å². The van der Waals surface area contributed by atoms with Gasteiger partial charge < -0.3 is 10.4 Å². The lowest BCUT2D eigenvalue weighted by Gasteiger charge is -2.14. The number of halogens is 1. The van der Waals surface area contributed by atoms with Gasteiger partial charge >= 0.3 is 5.97 Å². The second-order valence-electron chi connectivity index (χ2n) is 3.25. The number of hydrogen-bond acceptors (Lipinski definition) is 3. The van der Waals surface area contributed by atoms with Crippen molar-refractivity contribution in [2.45, 2.75) is 12.5 Å². The van der Waals surface area contributed by atoms with Crippen molar-refractivity contribution in [3.8, 4) is 18.4 Å². The summed E-state index contributed by atoms with van der Waals surface area (Å²) in [6.45, 7) is 0. The van der Waals surface area contributed by atoms with Gasteiger partial charge in [-0.25, -0.2) is 4.79 Å². The minimum atomic E-state index is -1.07. The summed E-state index contributed by atoms with van der Waals surface area (Å²) in [5.41, 5.74) is 0.681. The van der Waals surface area contributed by atoms with E-state index in [1.54, 1.807) is 12.1 Å². The first-order chi connectivity index (χ1) is 8.08. The molecule has 0 aliphatic rings.